The molecule has 0 spiro atoms. The molecule has 1 aromatic carbocycles. The molecule has 0 saturated heterocycles. The molecule has 1 N–H and O–H groups in total. The topological polar surface area (TPSA) is 12.0 Å². The lowest BCUT2D eigenvalue weighted by Crippen LogP contribution is -2.26. The first-order valence-corrected chi connectivity index (χ1v) is 5.94. The van der Waals surface area contributed by atoms with Gasteiger partial charge in [0.2, 0.25) is 0 Å². The van der Waals surface area contributed by atoms with Gasteiger partial charge in [0.1, 0.15) is 0 Å². The Morgan fingerprint density at radius 2 is 1.50 bits per heavy atom. The molecule has 114 valence electrons. The van der Waals surface area contributed by atoms with Crippen LogP contribution in [0.4, 0.5) is 26.3 Å². The van der Waals surface area contributed by atoms with Crippen LogP contribution in [0, 0.1) is 5.92 Å². The third kappa shape index (κ3) is 3.65. The van der Waals surface area contributed by atoms with Crippen LogP contribution in [0.1, 0.15) is 36.6 Å². The summed E-state index contributed by atoms with van der Waals surface area (Å²) in [5.74, 6) is -0.287. The van der Waals surface area contributed by atoms with Crippen molar-refractivity contribution >= 4 is 0 Å². The summed E-state index contributed by atoms with van der Waals surface area (Å²) >= 11 is 0. The number of hydrogen-bond acceptors (Lipinski definition) is 1. The van der Waals surface area contributed by atoms with E-state index in [2.05, 4.69) is 5.32 Å². The molecule has 20 heavy (non-hydrogen) atoms. The smallest absolute Gasteiger partial charge is 0.313 e. The molecule has 0 aromatic heterocycles. The summed E-state index contributed by atoms with van der Waals surface area (Å²) in [4.78, 5) is 0. The van der Waals surface area contributed by atoms with Crippen molar-refractivity contribution in [2.75, 3.05) is 7.05 Å². The standard InChI is InChI=1S/C13H15F6N/c1-7(2)11(20-3)9-6-8(12(14,15)16)4-5-10(9)13(17,18)19/h4-7,11,20H,1-3H3. The van der Waals surface area contributed by atoms with Crippen LogP contribution in [0.5, 0.6) is 0 Å². The van der Waals surface area contributed by atoms with Gasteiger partial charge in [-0.1, -0.05) is 13.8 Å². The second-order valence-corrected chi connectivity index (χ2v) is 4.81. The normalized spacial score (nSPS) is 14.7. The van der Waals surface area contributed by atoms with Crippen LogP contribution in [0.25, 0.3) is 0 Å². The van der Waals surface area contributed by atoms with Crippen LogP contribution in [-0.2, 0) is 12.4 Å². The van der Waals surface area contributed by atoms with Gasteiger partial charge in [-0.05, 0) is 36.7 Å². The average molecular weight is 299 g/mol. The minimum absolute atomic E-state index is 0.287. The Morgan fingerprint density at radius 1 is 0.950 bits per heavy atom. The van der Waals surface area contributed by atoms with E-state index >= 15 is 0 Å². The van der Waals surface area contributed by atoms with Crippen molar-refractivity contribution in [1.29, 1.82) is 0 Å². The summed E-state index contributed by atoms with van der Waals surface area (Å²) in [5.41, 5.74) is -2.51. The molecule has 0 aliphatic heterocycles. The Labute approximate surface area is 113 Å². The molecule has 0 fully saturated rings. The van der Waals surface area contributed by atoms with Gasteiger partial charge in [0.15, 0.2) is 0 Å². The van der Waals surface area contributed by atoms with E-state index in [1.54, 1.807) is 13.8 Å². The first-order valence-electron chi connectivity index (χ1n) is 5.94. The third-order valence-corrected chi connectivity index (χ3v) is 3.00. The highest BCUT2D eigenvalue weighted by atomic mass is 19.4. The highest BCUT2D eigenvalue weighted by Gasteiger charge is 2.38. The summed E-state index contributed by atoms with van der Waals surface area (Å²) in [5, 5.41) is 2.64. The van der Waals surface area contributed by atoms with E-state index in [1.165, 1.54) is 7.05 Å². The van der Waals surface area contributed by atoms with Crippen LogP contribution in [0.3, 0.4) is 0 Å². The summed E-state index contributed by atoms with van der Waals surface area (Å²) in [6.45, 7) is 3.28. The Morgan fingerprint density at radius 3 is 1.85 bits per heavy atom. The zero-order chi connectivity index (χ0) is 15.7. The number of nitrogens with one attached hydrogen (secondary N) is 1. The first-order chi connectivity index (χ1) is 8.98. The highest BCUT2D eigenvalue weighted by molar-refractivity contribution is 5.37. The van der Waals surface area contributed by atoms with E-state index in [0.717, 1.165) is 0 Å². The van der Waals surface area contributed by atoms with Gasteiger partial charge in [-0.25, -0.2) is 0 Å². The van der Waals surface area contributed by atoms with Crippen molar-refractivity contribution in [2.24, 2.45) is 5.92 Å². The van der Waals surface area contributed by atoms with Gasteiger partial charge >= 0.3 is 12.4 Å². The highest BCUT2D eigenvalue weighted by Crippen LogP contribution is 2.40. The predicted molar refractivity (Wildman–Crippen MR) is 63.1 cm³/mol. The Bertz CT molecular complexity index is 461. The first kappa shape index (κ1) is 16.8. The van der Waals surface area contributed by atoms with Gasteiger partial charge < -0.3 is 5.32 Å². The molecule has 1 unspecified atom stereocenters. The van der Waals surface area contributed by atoms with E-state index in [9.17, 15) is 26.3 Å². The van der Waals surface area contributed by atoms with Crippen LogP contribution < -0.4 is 5.32 Å². The minimum atomic E-state index is -4.69. The zero-order valence-electron chi connectivity index (χ0n) is 11.2. The maximum absolute atomic E-state index is 12.9. The van der Waals surface area contributed by atoms with Crippen molar-refractivity contribution in [3.05, 3.63) is 34.9 Å². The molecular formula is C13H15F6N. The quantitative estimate of drug-likeness (QED) is 0.802. The van der Waals surface area contributed by atoms with E-state index in [0.29, 0.717) is 18.2 Å². The van der Waals surface area contributed by atoms with Crippen LogP contribution >= 0.6 is 0 Å². The van der Waals surface area contributed by atoms with Gasteiger partial charge in [0.25, 0.3) is 0 Å². The Kier molecular flexibility index (Phi) is 4.74. The molecule has 0 radical (unpaired) electrons. The number of alkyl halides is 6. The lowest BCUT2D eigenvalue weighted by molar-refractivity contribution is -0.142. The van der Waals surface area contributed by atoms with Crippen LogP contribution in [0.2, 0.25) is 0 Å². The number of rotatable bonds is 3. The van der Waals surface area contributed by atoms with Gasteiger partial charge in [-0.15, -0.1) is 0 Å². The van der Waals surface area contributed by atoms with Crippen molar-refractivity contribution in [1.82, 2.24) is 5.32 Å². The van der Waals surface area contributed by atoms with Gasteiger partial charge in [0.05, 0.1) is 11.1 Å². The lowest BCUT2D eigenvalue weighted by Gasteiger charge is -2.25. The van der Waals surface area contributed by atoms with Gasteiger partial charge in [0, 0.05) is 6.04 Å². The van der Waals surface area contributed by atoms with Gasteiger partial charge in [-0.2, -0.15) is 26.3 Å². The SMILES string of the molecule is CNC(c1cc(C(F)(F)F)ccc1C(F)(F)F)C(C)C. The van der Waals surface area contributed by atoms with Crippen molar-refractivity contribution in [3.63, 3.8) is 0 Å². The molecule has 0 aliphatic rings. The fraction of sp³-hybridized carbons (Fsp3) is 0.538. The van der Waals surface area contributed by atoms with Crippen LogP contribution in [0.15, 0.2) is 18.2 Å². The van der Waals surface area contributed by atoms with Gasteiger partial charge in [-0.3, -0.25) is 0 Å². The van der Waals surface area contributed by atoms with E-state index < -0.39 is 29.5 Å². The number of benzene rings is 1. The van der Waals surface area contributed by atoms with E-state index in [1.807, 2.05) is 0 Å². The molecule has 1 aromatic rings. The van der Waals surface area contributed by atoms with E-state index in [4.69, 9.17) is 0 Å². The average Bonchev–Trinajstić information content (AvgIpc) is 2.26. The second-order valence-electron chi connectivity index (χ2n) is 4.81. The maximum atomic E-state index is 12.9. The molecule has 0 aliphatic carbocycles. The second kappa shape index (κ2) is 5.63. The molecule has 0 heterocycles. The molecule has 7 heteroatoms. The van der Waals surface area contributed by atoms with E-state index in [-0.39, 0.29) is 11.5 Å². The summed E-state index contributed by atoms with van der Waals surface area (Å²) in [7, 11) is 1.42. The fourth-order valence-electron chi connectivity index (χ4n) is 2.10. The monoisotopic (exact) mass is 299 g/mol. The summed E-state index contributed by atoms with van der Waals surface area (Å²) in [6, 6.07) is 0.711. The third-order valence-electron chi connectivity index (χ3n) is 3.00. The molecular weight excluding hydrogens is 284 g/mol. The summed E-state index contributed by atoms with van der Waals surface area (Å²) < 4.78 is 76.8. The largest absolute Gasteiger partial charge is 0.416 e. The molecule has 1 rings (SSSR count). The Hall–Kier alpha value is -1.24. The maximum Gasteiger partial charge on any atom is 0.416 e. The molecule has 0 saturated carbocycles. The molecule has 0 amide bonds. The molecule has 1 atom stereocenters. The lowest BCUT2D eigenvalue weighted by atomic mass is 9.90. The minimum Gasteiger partial charge on any atom is -0.313 e. The predicted octanol–water partition coefficient (Wildman–Crippen LogP) is 4.64. The van der Waals surface area contributed by atoms with Crippen LogP contribution in [-0.4, -0.2) is 7.05 Å². The molecule has 0 bridgehead atoms. The number of halogens is 6. The molecule has 1 nitrogen and oxygen atoms in total. The van der Waals surface area contributed by atoms with Crippen molar-refractivity contribution in [3.8, 4) is 0 Å². The van der Waals surface area contributed by atoms with Crippen molar-refractivity contribution in [2.45, 2.75) is 32.2 Å². The summed E-state index contributed by atoms with van der Waals surface area (Å²) in [6.07, 6.45) is -9.36. The number of hydrogen-bond donors (Lipinski definition) is 1. The van der Waals surface area contributed by atoms with Crippen molar-refractivity contribution < 1.29 is 26.3 Å². The fourth-order valence-corrected chi connectivity index (χ4v) is 2.10. The Balaban J connectivity index is 3.49. The zero-order valence-corrected chi connectivity index (χ0v) is 11.2.